The number of rotatable bonds is 8. The SMILES string of the molecule is C#Cc1cc(C)cc(Nc2ncnc3cc(OC4CCOC4)c(NC(=O)/C=C/CN(C)C)cc23)c1. The Bertz CT molecular complexity index is 1290. The van der Waals surface area contributed by atoms with E-state index in [0.717, 1.165) is 28.6 Å². The number of nitrogens with zero attached hydrogens (tertiary/aromatic N) is 3. The van der Waals surface area contributed by atoms with Crippen LogP contribution in [0.3, 0.4) is 0 Å². The number of hydrogen-bond donors (Lipinski definition) is 2. The van der Waals surface area contributed by atoms with Crippen molar-refractivity contribution in [3.63, 3.8) is 0 Å². The smallest absolute Gasteiger partial charge is 0.248 e. The highest BCUT2D eigenvalue weighted by molar-refractivity contribution is 6.03. The molecule has 2 heterocycles. The van der Waals surface area contributed by atoms with E-state index < -0.39 is 0 Å². The fourth-order valence-electron chi connectivity index (χ4n) is 3.78. The van der Waals surface area contributed by atoms with Crippen LogP contribution in [0.2, 0.25) is 0 Å². The van der Waals surface area contributed by atoms with E-state index in [1.165, 1.54) is 12.4 Å². The number of aromatic nitrogens is 2. The van der Waals surface area contributed by atoms with Gasteiger partial charge in [0.1, 0.15) is 24.0 Å². The molecule has 1 aliphatic heterocycles. The second-order valence-corrected chi connectivity index (χ2v) is 8.70. The number of nitrogens with one attached hydrogen (secondary N) is 2. The van der Waals surface area contributed by atoms with Gasteiger partial charge in [-0.05, 0) is 50.8 Å². The van der Waals surface area contributed by atoms with Crippen molar-refractivity contribution in [2.75, 3.05) is 44.5 Å². The van der Waals surface area contributed by atoms with Crippen LogP contribution in [0.5, 0.6) is 5.75 Å². The molecule has 0 radical (unpaired) electrons. The average Bonchev–Trinajstić information content (AvgIpc) is 3.32. The Morgan fingerprint density at radius 1 is 1.29 bits per heavy atom. The number of ether oxygens (including phenoxy) is 2. The van der Waals surface area contributed by atoms with E-state index in [1.807, 2.05) is 56.3 Å². The van der Waals surface area contributed by atoms with Gasteiger partial charge in [0.25, 0.3) is 0 Å². The number of fused-ring (bicyclic) bond motifs is 1. The van der Waals surface area contributed by atoms with Gasteiger partial charge >= 0.3 is 0 Å². The molecule has 0 spiro atoms. The van der Waals surface area contributed by atoms with Crippen molar-refractivity contribution in [1.29, 1.82) is 0 Å². The van der Waals surface area contributed by atoms with Gasteiger partial charge in [-0.2, -0.15) is 0 Å². The molecular weight excluding hydrogens is 442 g/mol. The molecule has 1 atom stereocenters. The molecule has 1 unspecified atom stereocenters. The highest BCUT2D eigenvalue weighted by Crippen LogP contribution is 2.35. The molecule has 1 fully saturated rings. The molecule has 180 valence electrons. The zero-order valence-corrected chi connectivity index (χ0v) is 20.2. The lowest BCUT2D eigenvalue weighted by molar-refractivity contribution is -0.111. The summed E-state index contributed by atoms with van der Waals surface area (Å²) >= 11 is 0. The fourth-order valence-corrected chi connectivity index (χ4v) is 3.78. The molecule has 8 nitrogen and oxygen atoms in total. The van der Waals surface area contributed by atoms with Crippen molar-refractivity contribution in [2.24, 2.45) is 0 Å². The monoisotopic (exact) mass is 471 g/mol. The predicted molar refractivity (Wildman–Crippen MR) is 138 cm³/mol. The quantitative estimate of drug-likeness (QED) is 0.381. The summed E-state index contributed by atoms with van der Waals surface area (Å²) < 4.78 is 11.6. The van der Waals surface area contributed by atoms with Crippen LogP contribution in [0.1, 0.15) is 17.5 Å². The summed E-state index contributed by atoms with van der Waals surface area (Å²) in [7, 11) is 3.88. The summed E-state index contributed by atoms with van der Waals surface area (Å²) in [5.74, 6) is 3.56. The molecule has 1 saturated heterocycles. The molecule has 4 rings (SSSR count). The maximum Gasteiger partial charge on any atom is 0.248 e. The molecule has 2 aromatic carbocycles. The summed E-state index contributed by atoms with van der Waals surface area (Å²) in [6, 6.07) is 9.47. The van der Waals surface area contributed by atoms with Crippen LogP contribution in [-0.2, 0) is 9.53 Å². The molecule has 35 heavy (non-hydrogen) atoms. The maximum atomic E-state index is 12.6. The van der Waals surface area contributed by atoms with E-state index in [4.69, 9.17) is 15.9 Å². The van der Waals surface area contributed by atoms with Gasteiger partial charge in [0.05, 0.1) is 24.4 Å². The number of aryl methyl sites for hydroxylation is 1. The number of likely N-dealkylation sites (N-methyl/N-ethyl adjacent to an activating group) is 1. The number of benzene rings is 2. The second kappa shape index (κ2) is 11.0. The minimum atomic E-state index is -0.248. The number of amides is 1. The molecule has 3 aromatic rings. The Morgan fingerprint density at radius 2 is 2.14 bits per heavy atom. The van der Waals surface area contributed by atoms with Crippen LogP contribution < -0.4 is 15.4 Å². The van der Waals surface area contributed by atoms with Crippen LogP contribution in [0.25, 0.3) is 10.9 Å². The van der Waals surface area contributed by atoms with Gasteiger partial charge in [0.2, 0.25) is 5.91 Å². The van der Waals surface area contributed by atoms with Gasteiger partial charge < -0.3 is 25.0 Å². The van der Waals surface area contributed by atoms with Gasteiger partial charge in [-0.1, -0.05) is 12.0 Å². The standard InChI is InChI=1S/C27H29N5O3/c1-5-19-11-18(2)12-20(13-19)30-27-22-14-24(31-26(33)7-6-9-32(3)4)25(15-23(22)28-17-29-27)35-21-8-10-34-16-21/h1,6-7,11-15,17,21H,8-10,16H2,2-4H3,(H,31,33)(H,28,29,30)/b7-6+. The predicted octanol–water partition coefficient (Wildman–Crippen LogP) is 3.89. The first-order valence-electron chi connectivity index (χ1n) is 11.4. The number of terminal acetylenes is 1. The van der Waals surface area contributed by atoms with Crippen molar-refractivity contribution in [3.8, 4) is 18.1 Å². The lowest BCUT2D eigenvalue weighted by Crippen LogP contribution is -2.18. The van der Waals surface area contributed by atoms with Gasteiger partial charge in [0.15, 0.2) is 0 Å². The maximum absolute atomic E-state index is 12.6. The second-order valence-electron chi connectivity index (χ2n) is 8.70. The number of hydrogen-bond acceptors (Lipinski definition) is 7. The first-order valence-corrected chi connectivity index (χ1v) is 11.4. The highest BCUT2D eigenvalue weighted by atomic mass is 16.5. The van der Waals surface area contributed by atoms with Crippen LogP contribution >= 0.6 is 0 Å². The van der Waals surface area contributed by atoms with E-state index in [9.17, 15) is 4.79 Å². The zero-order valence-electron chi connectivity index (χ0n) is 20.2. The van der Waals surface area contributed by atoms with Gasteiger partial charge in [0, 0.05) is 41.7 Å². The molecule has 0 bridgehead atoms. The minimum Gasteiger partial charge on any atom is -0.486 e. The fraction of sp³-hybridized carbons (Fsp3) is 0.296. The number of anilines is 3. The summed E-state index contributed by atoms with van der Waals surface area (Å²) in [5.41, 5.74) is 3.85. The van der Waals surface area contributed by atoms with E-state index in [1.54, 1.807) is 6.08 Å². The molecular formula is C27H29N5O3. The van der Waals surface area contributed by atoms with Crippen LogP contribution in [0, 0.1) is 19.3 Å². The van der Waals surface area contributed by atoms with Crippen molar-refractivity contribution in [1.82, 2.24) is 14.9 Å². The first kappa shape index (κ1) is 24.2. The topological polar surface area (TPSA) is 88.6 Å². The largest absolute Gasteiger partial charge is 0.486 e. The lowest BCUT2D eigenvalue weighted by atomic mass is 10.1. The summed E-state index contributed by atoms with van der Waals surface area (Å²) in [5, 5.41) is 7.03. The Morgan fingerprint density at radius 3 is 2.89 bits per heavy atom. The molecule has 8 heteroatoms. The first-order chi connectivity index (χ1) is 16.9. The van der Waals surface area contributed by atoms with Gasteiger partial charge in [-0.25, -0.2) is 9.97 Å². The molecule has 1 aliphatic rings. The summed E-state index contributed by atoms with van der Waals surface area (Å²) in [6.45, 7) is 3.80. The number of carbonyl (C=O) groups is 1. The third-order valence-electron chi connectivity index (χ3n) is 5.42. The number of carbonyl (C=O) groups excluding carboxylic acids is 1. The van der Waals surface area contributed by atoms with E-state index >= 15 is 0 Å². The molecule has 0 saturated carbocycles. The van der Waals surface area contributed by atoms with E-state index in [0.29, 0.717) is 42.5 Å². The lowest BCUT2D eigenvalue weighted by Gasteiger charge is -2.18. The normalized spacial score (nSPS) is 15.5. The minimum absolute atomic E-state index is 0.0821. The van der Waals surface area contributed by atoms with Gasteiger partial charge in [-0.3, -0.25) is 4.79 Å². The Balaban J connectivity index is 1.70. The van der Waals surface area contributed by atoms with E-state index in [2.05, 4.69) is 26.5 Å². The summed E-state index contributed by atoms with van der Waals surface area (Å²) in [6.07, 6.45) is 11.1. The third-order valence-corrected chi connectivity index (χ3v) is 5.42. The molecule has 0 aliphatic carbocycles. The Hall–Kier alpha value is -3.93. The Kier molecular flexibility index (Phi) is 7.60. The Labute approximate surface area is 205 Å². The zero-order chi connectivity index (χ0) is 24.8. The molecule has 1 amide bonds. The third kappa shape index (κ3) is 6.35. The van der Waals surface area contributed by atoms with Crippen molar-refractivity contribution >= 4 is 34.0 Å². The van der Waals surface area contributed by atoms with Crippen molar-refractivity contribution in [2.45, 2.75) is 19.4 Å². The highest BCUT2D eigenvalue weighted by Gasteiger charge is 2.20. The van der Waals surface area contributed by atoms with Crippen LogP contribution in [-0.4, -0.2) is 60.7 Å². The van der Waals surface area contributed by atoms with Crippen LogP contribution in [0.4, 0.5) is 17.2 Å². The van der Waals surface area contributed by atoms with Crippen molar-refractivity contribution < 1.29 is 14.3 Å². The molecule has 2 N–H and O–H groups in total. The van der Waals surface area contributed by atoms with E-state index in [-0.39, 0.29) is 12.0 Å². The van der Waals surface area contributed by atoms with Gasteiger partial charge in [-0.15, -0.1) is 6.42 Å². The molecule has 1 aromatic heterocycles. The van der Waals surface area contributed by atoms with Crippen LogP contribution in [0.15, 0.2) is 48.8 Å². The summed E-state index contributed by atoms with van der Waals surface area (Å²) in [4.78, 5) is 23.5. The average molecular weight is 472 g/mol. The van der Waals surface area contributed by atoms with Crippen molar-refractivity contribution in [3.05, 3.63) is 59.9 Å².